The largest absolute Gasteiger partial charge is 0.478 e. The Morgan fingerprint density at radius 1 is 1.37 bits per heavy atom. The highest BCUT2D eigenvalue weighted by atomic mass is 127. The van der Waals surface area contributed by atoms with Gasteiger partial charge in [-0.1, -0.05) is 6.92 Å². The highest BCUT2D eigenvalue weighted by Crippen LogP contribution is 2.19. The van der Waals surface area contributed by atoms with E-state index in [4.69, 9.17) is 5.11 Å². The first kappa shape index (κ1) is 15.7. The number of benzene rings is 1. The van der Waals surface area contributed by atoms with Crippen molar-refractivity contribution in [3.05, 3.63) is 27.3 Å². The number of aromatic carboxylic acids is 1. The summed E-state index contributed by atoms with van der Waals surface area (Å²) in [6, 6.07) is 4.44. The van der Waals surface area contributed by atoms with E-state index in [2.05, 4.69) is 10.6 Å². The molecule has 6 heteroatoms. The number of amides is 2. The predicted octanol–water partition coefficient (Wildman–Crippen LogP) is 3.30. The third-order valence-corrected chi connectivity index (χ3v) is 3.47. The van der Waals surface area contributed by atoms with Crippen LogP contribution < -0.4 is 10.6 Å². The fraction of sp³-hybridized carbons (Fsp3) is 0.385. The molecule has 0 heterocycles. The van der Waals surface area contributed by atoms with E-state index in [0.717, 1.165) is 9.99 Å². The van der Waals surface area contributed by atoms with Gasteiger partial charge in [0.25, 0.3) is 0 Å². The number of urea groups is 1. The molecule has 1 aromatic carbocycles. The standard InChI is InChI=1S/C13H17IN2O3/c1-4-13(2,3)16-12(19)15-10-6-5-8(14)7-9(10)11(17)18/h5-7H,4H2,1-3H3,(H,17,18)(H2,15,16,19). The Hall–Kier alpha value is -1.31. The van der Waals surface area contributed by atoms with Gasteiger partial charge >= 0.3 is 12.0 Å². The summed E-state index contributed by atoms with van der Waals surface area (Å²) in [5.41, 5.74) is 0.0325. The number of carbonyl (C=O) groups is 2. The van der Waals surface area contributed by atoms with Gasteiger partial charge in [0.05, 0.1) is 11.3 Å². The van der Waals surface area contributed by atoms with E-state index in [1.165, 1.54) is 6.07 Å². The van der Waals surface area contributed by atoms with Crippen LogP contribution in [0.1, 0.15) is 37.6 Å². The van der Waals surface area contributed by atoms with Gasteiger partial charge in [-0.15, -0.1) is 0 Å². The molecule has 1 rings (SSSR count). The predicted molar refractivity (Wildman–Crippen MR) is 82.6 cm³/mol. The lowest BCUT2D eigenvalue weighted by atomic mass is 10.0. The van der Waals surface area contributed by atoms with Gasteiger partial charge in [-0.2, -0.15) is 0 Å². The van der Waals surface area contributed by atoms with Gasteiger partial charge < -0.3 is 15.7 Å². The van der Waals surface area contributed by atoms with E-state index in [-0.39, 0.29) is 16.8 Å². The Morgan fingerprint density at radius 2 is 2.00 bits per heavy atom. The van der Waals surface area contributed by atoms with Crippen molar-refractivity contribution in [2.24, 2.45) is 0 Å². The number of carboxylic acids is 1. The Kier molecular flexibility index (Phi) is 5.16. The molecule has 0 fully saturated rings. The fourth-order valence-electron chi connectivity index (χ4n) is 1.35. The lowest BCUT2D eigenvalue weighted by Crippen LogP contribution is -2.45. The Labute approximate surface area is 125 Å². The maximum absolute atomic E-state index is 11.8. The fourth-order valence-corrected chi connectivity index (χ4v) is 1.84. The summed E-state index contributed by atoms with van der Waals surface area (Å²) in [5.74, 6) is -1.07. The van der Waals surface area contributed by atoms with Crippen molar-refractivity contribution in [2.75, 3.05) is 5.32 Å². The molecule has 104 valence electrons. The van der Waals surface area contributed by atoms with Crippen LogP contribution in [0, 0.1) is 3.57 Å². The van der Waals surface area contributed by atoms with Crippen LogP contribution in [0.3, 0.4) is 0 Å². The molecule has 0 spiro atoms. The maximum Gasteiger partial charge on any atom is 0.337 e. The molecule has 0 aliphatic heterocycles. The second kappa shape index (κ2) is 6.23. The van der Waals surface area contributed by atoms with Gasteiger partial charge in [-0.3, -0.25) is 0 Å². The number of nitrogens with one attached hydrogen (secondary N) is 2. The van der Waals surface area contributed by atoms with E-state index in [1.807, 2.05) is 43.4 Å². The average molecular weight is 376 g/mol. The van der Waals surface area contributed by atoms with Crippen molar-refractivity contribution in [3.8, 4) is 0 Å². The molecule has 1 aromatic rings. The van der Waals surface area contributed by atoms with Crippen molar-refractivity contribution in [1.82, 2.24) is 5.32 Å². The minimum Gasteiger partial charge on any atom is -0.478 e. The second-order valence-corrected chi connectivity index (χ2v) is 6.06. The van der Waals surface area contributed by atoms with Crippen LogP contribution >= 0.6 is 22.6 Å². The van der Waals surface area contributed by atoms with Crippen molar-refractivity contribution in [3.63, 3.8) is 0 Å². The number of carboxylic acid groups (broad SMARTS) is 1. The highest BCUT2D eigenvalue weighted by Gasteiger charge is 2.19. The number of rotatable bonds is 4. The van der Waals surface area contributed by atoms with Crippen LogP contribution in [0.2, 0.25) is 0 Å². The summed E-state index contributed by atoms with van der Waals surface area (Å²) in [7, 11) is 0. The SMILES string of the molecule is CCC(C)(C)NC(=O)Nc1ccc(I)cc1C(=O)O. The molecule has 5 nitrogen and oxygen atoms in total. The third kappa shape index (κ3) is 4.70. The Balaban J connectivity index is 2.88. The number of hydrogen-bond donors (Lipinski definition) is 3. The first-order valence-corrected chi connectivity index (χ1v) is 6.95. The summed E-state index contributed by atoms with van der Waals surface area (Å²) in [6.45, 7) is 5.77. The van der Waals surface area contributed by atoms with Crippen LogP contribution in [-0.2, 0) is 0 Å². The first-order chi connectivity index (χ1) is 8.75. The third-order valence-electron chi connectivity index (χ3n) is 2.80. The Bertz CT molecular complexity index is 501. The normalized spacial score (nSPS) is 10.9. The van der Waals surface area contributed by atoms with Crippen molar-refractivity contribution in [2.45, 2.75) is 32.7 Å². The summed E-state index contributed by atoms with van der Waals surface area (Å²) < 4.78 is 0.801. The van der Waals surface area contributed by atoms with E-state index in [0.29, 0.717) is 0 Å². The molecule has 0 aromatic heterocycles. The van der Waals surface area contributed by atoms with Crippen LogP contribution in [0.5, 0.6) is 0 Å². The van der Waals surface area contributed by atoms with E-state index < -0.39 is 12.0 Å². The second-order valence-electron chi connectivity index (χ2n) is 4.81. The van der Waals surface area contributed by atoms with E-state index >= 15 is 0 Å². The van der Waals surface area contributed by atoms with Gasteiger partial charge in [0.2, 0.25) is 0 Å². The van der Waals surface area contributed by atoms with Crippen LogP contribution in [0.15, 0.2) is 18.2 Å². The smallest absolute Gasteiger partial charge is 0.337 e. The zero-order chi connectivity index (χ0) is 14.6. The molecule has 3 N–H and O–H groups in total. The van der Waals surface area contributed by atoms with Gasteiger partial charge in [-0.05, 0) is 61.1 Å². The summed E-state index contributed by atoms with van der Waals surface area (Å²) in [5, 5.41) is 14.5. The molecule has 19 heavy (non-hydrogen) atoms. The monoisotopic (exact) mass is 376 g/mol. The van der Waals surface area contributed by atoms with Gasteiger partial charge in [0.15, 0.2) is 0 Å². The van der Waals surface area contributed by atoms with Crippen molar-refractivity contribution >= 4 is 40.3 Å². The summed E-state index contributed by atoms with van der Waals surface area (Å²) in [4.78, 5) is 23.0. The minimum absolute atomic E-state index is 0.0800. The number of carbonyl (C=O) groups excluding carboxylic acids is 1. The van der Waals surface area contributed by atoms with Crippen molar-refractivity contribution in [1.29, 1.82) is 0 Å². The number of anilines is 1. The average Bonchev–Trinajstić information content (AvgIpc) is 2.30. The van der Waals surface area contributed by atoms with Crippen LogP contribution in [0.4, 0.5) is 10.5 Å². The number of halogens is 1. The first-order valence-electron chi connectivity index (χ1n) is 5.87. The van der Waals surface area contributed by atoms with Gasteiger partial charge in [0.1, 0.15) is 0 Å². The zero-order valence-electron chi connectivity index (χ0n) is 11.1. The molecule has 2 amide bonds. The Morgan fingerprint density at radius 3 is 2.53 bits per heavy atom. The highest BCUT2D eigenvalue weighted by molar-refractivity contribution is 14.1. The molecule has 0 atom stereocenters. The number of hydrogen-bond acceptors (Lipinski definition) is 2. The molecular formula is C13H17IN2O3. The summed E-state index contributed by atoms with van der Waals surface area (Å²) in [6.07, 6.45) is 0.777. The molecule has 0 aliphatic rings. The van der Waals surface area contributed by atoms with Crippen LogP contribution in [0.25, 0.3) is 0 Å². The quantitative estimate of drug-likeness (QED) is 0.706. The molecule has 0 radical (unpaired) electrons. The van der Waals surface area contributed by atoms with Gasteiger partial charge in [-0.25, -0.2) is 9.59 Å². The molecule has 0 saturated heterocycles. The van der Waals surface area contributed by atoms with Crippen LogP contribution in [-0.4, -0.2) is 22.6 Å². The molecule has 0 bridgehead atoms. The lowest BCUT2D eigenvalue weighted by molar-refractivity contribution is 0.0698. The van der Waals surface area contributed by atoms with E-state index in [1.54, 1.807) is 12.1 Å². The van der Waals surface area contributed by atoms with Gasteiger partial charge in [0, 0.05) is 9.11 Å². The lowest BCUT2D eigenvalue weighted by Gasteiger charge is -2.24. The van der Waals surface area contributed by atoms with Crippen molar-refractivity contribution < 1.29 is 14.7 Å². The molecule has 0 saturated carbocycles. The topological polar surface area (TPSA) is 78.4 Å². The molecular weight excluding hydrogens is 359 g/mol. The maximum atomic E-state index is 11.8. The zero-order valence-corrected chi connectivity index (χ0v) is 13.2. The molecule has 0 aliphatic carbocycles. The molecule has 0 unspecified atom stereocenters. The van der Waals surface area contributed by atoms with E-state index in [9.17, 15) is 9.59 Å². The minimum atomic E-state index is -1.07. The summed E-state index contributed by atoms with van der Waals surface area (Å²) >= 11 is 2.03.